The predicted octanol–water partition coefficient (Wildman–Crippen LogP) is 2.68. The van der Waals surface area contributed by atoms with E-state index in [0.29, 0.717) is 23.8 Å². The molecule has 0 aromatic carbocycles. The third-order valence-electron chi connectivity index (χ3n) is 4.78. The molecular formula is C19H34N5O6P. The van der Waals surface area contributed by atoms with Gasteiger partial charge in [0.1, 0.15) is 35.7 Å². The summed E-state index contributed by atoms with van der Waals surface area (Å²) in [7, 11) is -4.47. The first kappa shape index (κ1) is 24.3. The van der Waals surface area contributed by atoms with Crippen LogP contribution in [0.1, 0.15) is 73.0 Å². The van der Waals surface area contributed by atoms with Crippen LogP contribution in [0, 0.1) is 5.41 Å². The molecule has 12 heteroatoms. The SMILES string of the molecule is CC1=NC(N)c2ncn([C@@H]3O[C@H](CC(C)(C)C)[C@H](OP(=O)(O)OC(C)(C)C)C3O)c2N1. The van der Waals surface area contributed by atoms with Gasteiger partial charge in [0.25, 0.3) is 0 Å². The van der Waals surface area contributed by atoms with E-state index in [1.807, 2.05) is 20.8 Å². The number of aliphatic hydroxyl groups is 1. The number of nitrogens with zero attached hydrogens (tertiary/aromatic N) is 3. The number of nitrogens with two attached hydrogens (primary N) is 1. The van der Waals surface area contributed by atoms with Gasteiger partial charge in [0.15, 0.2) is 6.23 Å². The van der Waals surface area contributed by atoms with E-state index in [4.69, 9.17) is 19.5 Å². The summed E-state index contributed by atoms with van der Waals surface area (Å²) in [6, 6.07) is 0. The summed E-state index contributed by atoms with van der Waals surface area (Å²) in [6.45, 7) is 12.7. The highest BCUT2D eigenvalue weighted by Gasteiger charge is 2.51. The number of phosphoric ester groups is 1. The molecule has 176 valence electrons. The second kappa shape index (κ2) is 8.22. The number of imidazole rings is 1. The van der Waals surface area contributed by atoms with E-state index in [1.54, 1.807) is 32.3 Å². The van der Waals surface area contributed by atoms with Crippen LogP contribution in [0.15, 0.2) is 11.3 Å². The van der Waals surface area contributed by atoms with Crippen LogP contribution in [0.3, 0.4) is 0 Å². The lowest BCUT2D eigenvalue weighted by Crippen LogP contribution is -2.36. The van der Waals surface area contributed by atoms with Crippen LogP contribution in [0.5, 0.6) is 0 Å². The van der Waals surface area contributed by atoms with Crippen LogP contribution < -0.4 is 11.1 Å². The summed E-state index contributed by atoms with van der Waals surface area (Å²) in [6.07, 6.45) is -2.57. The highest BCUT2D eigenvalue weighted by atomic mass is 31.2. The second-order valence-corrected chi connectivity index (χ2v) is 11.6. The van der Waals surface area contributed by atoms with Crippen LogP contribution in [0.25, 0.3) is 0 Å². The normalized spacial score (nSPS) is 31.0. The maximum absolute atomic E-state index is 12.6. The fourth-order valence-corrected chi connectivity index (χ4v) is 5.06. The fourth-order valence-electron chi connectivity index (χ4n) is 3.76. The number of nitrogens with one attached hydrogen (secondary N) is 1. The number of anilines is 1. The van der Waals surface area contributed by atoms with Crippen molar-refractivity contribution in [3.8, 4) is 0 Å². The Kier molecular flexibility index (Phi) is 6.45. The van der Waals surface area contributed by atoms with Crippen molar-refractivity contribution in [3.05, 3.63) is 12.0 Å². The van der Waals surface area contributed by atoms with E-state index in [-0.39, 0.29) is 5.41 Å². The Balaban J connectivity index is 1.91. The third kappa shape index (κ3) is 5.73. The number of amidine groups is 1. The molecule has 2 aliphatic heterocycles. The molecule has 0 bridgehead atoms. The Morgan fingerprint density at radius 2 is 1.97 bits per heavy atom. The fraction of sp³-hybridized carbons (Fsp3) is 0.789. The number of ether oxygens (including phenoxy) is 1. The summed E-state index contributed by atoms with van der Waals surface area (Å²) in [4.78, 5) is 18.8. The molecule has 0 spiro atoms. The highest BCUT2D eigenvalue weighted by Crippen LogP contribution is 2.52. The van der Waals surface area contributed by atoms with Crippen molar-refractivity contribution in [2.45, 2.75) is 91.2 Å². The van der Waals surface area contributed by atoms with Crippen molar-refractivity contribution < 1.29 is 28.3 Å². The van der Waals surface area contributed by atoms with Gasteiger partial charge in [-0.2, -0.15) is 0 Å². The maximum Gasteiger partial charge on any atom is 0.473 e. The van der Waals surface area contributed by atoms with Gasteiger partial charge < -0.3 is 25.8 Å². The summed E-state index contributed by atoms with van der Waals surface area (Å²) < 4.78 is 31.1. The molecule has 11 nitrogen and oxygen atoms in total. The second-order valence-electron chi connectivity index (χ2n) is 10.2. The summed E-state index contributed by atoms with van der Waals surface area (Å²) in [5.74, 6) is 1.16. The third-order valence-corrected chi connectivity index (χ3v) is 6.06. The van der Waals surface area contributed by atoms with Crippen LogP contribution in [0.2, 0.25) is 0 Å². The number of aliphatic imine (C=N–C) groups is 1. The molecule has 0 saturated carbocycles. The predicted molar refractivity (Wildman–Crippen MR) is 115 cm³/mol. The first-order chi connectivity index (χ1) is 14.1. The standard InChI is InChI=1S/C19H34N5O6P/c1-10-22-15(20)12-16(23-10)24(9-21-12)17-13(25)14(11(28-17)8-18(2,3)4)29-31(26,27)30-19(5,6)7/h9,11,13-15,17,25H,8,20H2,1-7H3,(H,22,23)(H,26,27)/t11-,13?,14+,15?,17-/m1/s1. The molecule has 0 radical (unpaired) electrons. The lowest BCUT2D eigenvalue weighted by atomic mass is 9.87. The van der Waals surface area contributed by atoms with Crippen molar-refractivity contribution in [3.63, 3.8) is 0 Å². The molecular weight excluding hydrogens is 425 g/mol. The van der Waals surface area contributed by atoms with Gasteiger partial charge >= 0.3 is 7.82 Å². The molecule has 1 fully saturated rings. The molecule has 0 aliphatic carbocycles. The minimum Gasteiger partial charge on any atom is -0.386 e. The molecule has 5 N–H and O–H groups in total. The molecule has 1 aromatic rings. The van der Waals surface area contributed by atoms with Crippen LogP contribution in [0.4, 0.5) is 5.82 Å². The van der Waals surface area contributed by atoms with Gasteiger partial charge in [-0.05, 0) is 39.5 Å². The first-order valence-electron chi connectivity index (χ1n) is 10.3. The zero-order chi connectivity index (χ0) is 23.4. The Bertz CT molecular complexity index is 889. The number of hydrogen-bond acceptors (Lipinski definition) is 9. The topological polar surface area (TPSA) is 153 Å². The molecule has 1 aromatic heterocycles. The van der Waals surface area contributed by atoms with Crippen molar-refractivity contribution in [2.24, 2.45) is 16.1 Å². The van der Waals surface area contributed by atoms with E-state index in [1.165, 1.54) is 6.33 Å². The van der Waals surface area contributed by atoms with Gasteiger partial charge in [0.05, 0.1) is 18.0 Å². The quantitative estimate of drug-likeness (QED) is 0.487. The summed E-state index contributed by atoms with van der Waals surface area (Å²) >= 11 is 0. The highest BCUT2D eigenvalue weighted by molar-refractivity contribution is 7.47. The van der Waals surface area contributed by atoms with E-state index in [0.717, 1.165) is 0 Å². The zero-order valence-corrected chi connectivity index (χ0v) is 20.0. The molecule has 3 heterocycles. The largest absolute Gasteiger partial charge is 0.473 e. The minimum absolute atomic E-state index is 0.191. The molecule has 3 rings (SSSR count). The Labute approximate surface area is 182 Å². The van der Waals surface area contributed by atoms with Crippen molar-refractivity contribution in [1.29, 1.82) is 0 Å². The molecule has 2 aliphatic rings. The zero-order valence-electron chi connectivity index (χ0n) is 19.1. The van der Waals surface area contributed by atoms with Crippen LogP contribution in [-0.2, 0) is 18.3 Å². The van der Waals surface area contributed by atoms with E-state index in [9.17, 15) is 14.6 Å². The maximum atomic E-state index is 12.6. The van der Waals surface area contributed by atoms with E-state index in [2.05, 4.69) is 15.3 Å². The number of rotatable bonds is 5. The van der Waals surface area contributed by atoms with Gasteiger partial charge in [-0.1, -0.05) is 20.8 Å². The van der Waals surface area contributed by atoms with Gasteiger partial charge in [-0.15, -0.1) is 0 Å². The van der Waals surface area contributed by atoms with E-state index >= 15 is 0 Å². The Morgan fingerprint density at radius 3 is 2.55 bits per heavy atom. The Hall–Kier alpha value is -1.33. The Morgan fingerprint density at radius 1 is 1.32 bits per heavy atom. The lowest BCUT2D eigenvalue weighted by molar-refractivity contribution is -0.0471. The smallest absolute Gasteiger partial charge is 0.386 e. The van der Waals surface area contributed by atoms with Gasteiger partial charge in [-0.25, -0.2) is 14.5 Å². The monoisotopic (exact) mass is 459 g/mol. The molecule has 0 amide bonds. The van der Waals surface area contributed by atoms with Crippen LogP contribution >= 0.6 is 7.82 Å². The van der Waals surface area contributed by atoms with Gasteiger partial charge in [0, 0.05) is 0 Å². The number of phosphoric acid groups is 1. The average Bonchev–Trinajstić information content (AvgIpc) is 3.07. The molecule has 31 heavy (non-hydrogen) atoms. The number of hydrogen-bond donors (Lipinski definition) is 4. The van der Waals surface area contributed by atoms with Crippen LogP contribution in [-0.4, -0.2) is 49.3 Å². The number of aromatic nitrogens is 2. The average molecular weight is 459 g/mol. The van der Waals surface area contributed by atoms with Crippen molar-refractivity contribution in [1.82, 2.24) is 9.55 Å². The first-order valence-corrected chi connectivity index (χ1v) is 11.8. The van der Waals surface area contributed by atoms with Crippen molar-refractivity contribution >= 4 is 19.5 Å². The number of fused-ring (bicyclic) bond motifs is 1. The molecule has 6 atom stereocenters. The molecule has 1 saturated heterocycles. The van der Waals surface area contributed by atoms with Gasteiger partial charge in [-0.3, -0.25) is 13.6 Å². The van der Waals surface area contributed by atoms with Gasteiger partial charge in [0.2, 0.25) is 0 Å². The number of aliphatic hydroxyl groups excluding tert-OH is 1. The van der Waals surface area contributed by atoms with E-state index < -0.39 is 44.1 Å². The summed E-state index contributed by atoms with van der Waals surface area (Å²) in [5, 5.41) is 14.2. The minimum atomic E-state index is -4.47. The van der Waals surface area contributed by atoms with Crippen molar-refractivity contribution in [2.75, 3.05) is 5.32 Å². The summed E-state index contributed by atoms with van der Waals surface area (Å²) in [5.41, 5.74) is 5.46. The molecule has 3 unspecified atom stereocenters. The lowest BCUT2D eigenvalue weighted by Gasteiger charge is -2.29.